The predicted octanol–water partition coefficient (Wildman–Crippen LogP) is 4.71. The Morgan fingerprint density at radius 3 is 2.79 bits per heavy atom. The van der Waals surface area contributed by atoms with E-state index in [9.17, 15) is 9.59 Å². The molecule has 1 fully saturated rings. The molecule has 3 rings (SSSR count). The van der Waals surface area contributed by atoms with E-state index in [1.165, 1.54) is 11.3 Å². The molecular formula is C21H19ClN2O2S2. The molecule has 2 aromatic rings. The number of ketones is 1. The SMILES string of the molecule is C=C/C=C(/SC1C(=O)CC(c2ccsc2)(c2cccc(C)n2)NC1=O)C(=C)Cl. The van der Waals surface area contributed by atoms with Crippen LogP contribution >= 0.6 is 34.7 Å². The highest BCUT2D eigenvalue weighted by atomic mass is 35.5. The summed E-state index contributed by atoms with van der Waals surface area (Å²) in [5.41, 5.74) is 1.35. The van der Waals surface area contributed by atoms with Gasteiger partial charge in [-0.25, -0.2) is 0 Å². The van der Waals surface area contributed by atoms with Gasteiger partial charge in [-0.05, 0) is 47.5 Å². The minimum atomic E-state index is -0.975. The van der Waals surface area contributed by atoms with E-state index < -0.39 is 10.8 Å². The third-order valence-corrected chi connectivity index (χ3v) is 6.78. The summed E-state index contributed by atoms with van der Waals surface area (Å²) in [6, 6.07) is 7.52. The van der Waals surface area contributed by atoms with E-state index in [0.29, 0.717) is 10.6 Å². The van der Waals surface area contributed by atoms with Gasteiger partial charge in [0.25, 0.3) is 0 Å². The van der Waals surface area contributed by atoms with Gasteiger partial charge in [0.1, 0.15) is 10.8 Å². The molecule has 2 unspecified atom stereocenters. The van der Waals surface area contributed by atoms with Crippen LogP contribution in [0.5, 0.6) is 0 Å². The van der Waals surface area contributed by atoms with Crippen molar-refractivity contribution in [3.63, 3.8) is 0 Å². The average Bonchev–Trinajstić information content (AvgIpc) is 3.18. The number of rotatable bonds is 6. The zero-order valence-electron chi connectivity index (χ0n) is 15.3. The van der Waals surface area contributed by atoms with Crippen molar-refractivity contribution in [1.29, 1.82) is 0 Å². The van der Waals surface area contributed by atoms with Gasteiger partial charge in [-0.2, -0.15) is 11.3 Å². The van der Waals surface area contributed by atoms with Gasteiger partial charge in [-0.15, -0.1) is 11.8 Å². The third-order valence-electron chi connectivity index (χ3n) is 4.43. The van der Waals surface area contributed by atoms with Crippen LogP contribution in [0.25, 0.3) is 0 Å². The van der Waals surface area contributed by atoms with E-state index in [4.69, 9.17) is 11.6 Å². The second-order valence-electron chi connectivity index (χ2n) is 6.38. The Balaban J connectivity index is 2.00. The fraction of sp³-hybridized carbons (Fsp3) is 0.190. The van der Waals surface area contributed by atoms with Crippen LogP contribution in [0.1, 0.15) is 23.4 Å². The monoisotopic (exact) mass is 430 g/mol. The zero-order chi connectivity index (χ0) is 20.3. The molecule has 0 radical (unpaired) electrons. The molecule has 0 spiro atoms. The lowest BCUT2D eigenvalue weighted by Crippen LogP contribution is -2.58. The molecule has 0 saturated carbocycles. The number of hydrogen-bond acceptors (Lipinski definition) is 5. The van der Waals surface area contributed by atoms with Crippen molar-refractivity contribution in [3.8, 4) is 0 Å². The summed E-state index contributed by atoms with van der Waals surface area (Å²) in [7, 11) is 0. The van der Waals surface area contributed by atoms with Crippen molar-refractivity contribution >= 4 is 46.4 Å². The van der Waals surface area contributed by atoms with Gasteiger partial charge in [-0.1, -0.05) is 36.9 Å². The minimum absolute atomic E-state index is 0.111. The van der Waals surface area contributed by atoms with Crippen LogP contribution in [0.4, 0.5) is 0 Å². The lowest BCUT2D eigenvalue weighted by Gasteiger charge is -2.39. The van der Waals surface area contributed by atoms with Crippen molar-refractivity contribution in [1.82, 2.24) is 10.3 Å². The molecule has 28 heavy (non-hydrogen) atoms. The Hall–Kier alpha value is -2.15. The fourth-order valence-corrected chi connectivity index (χ4v) is 5.00. The van der Waals surface area contributed by atoms with Crippen molar-refractivity contribution in [2.75, 3.05) is 0 Å². The maximum atomic E-state index is 13.1. The van der Waals surface area contributed by atoms with Crippen LogP contribution in [0, 0.1) is 6.92 Å². The highest BCUT2D eigenvalue weighted by molar-refractivity contribution is 8.05. The van der Waals surface area contributed by atoms with E-state index >= 15 is 0 Å². The van der Waals surface area contributed by atoms with Gasteiger partial charge in [-0.3, -0.25) is 14.6 Å². The molecule has 0 bridgehead atoms. The molecule has 1 aliphatic rings. The Morgan fingerprint density at radius 2 is 2.21 bits per heavy atom. The summed E-state index contributed by atoms with van der Waals surface area (Å²) < 4.78 is 0. The summed E-state index contributed by atoms with van der Waals surface area (Å²) in [6.45, 7) is 9.21. The number of pyridine rings is 1. The maximum Gasteiger partial charge on any atom is 0.242 e. The van der Waals surface area contributed by atoms with Crippen LogP contribution in [0.3, 0.4) is 0 Å². The molecule has 1 N–H and O–H groups in total. The normalized spacial score (nSPS) is 22.6. The van der Waals surface area contributed by atoms with E-state index in [1.54, 1.807) is 12.2 Å². The molecule has 2 aromatic heterocycles. The van der Waals surface area contributed by atoms with Gasteiger partial charge < -0.3 is 5.32 Å². The van der Waals surface area contributed by atoms with Gasteiger partial charge in [0.05, 0.1) is 5.69 Å². The Bertz CT molecular complexity index is 949. The molecule has 0 aromatic carbocycles. The first-order valence-electron chi connectivity index (χ1n) is 8.53. The third kappa shape index (κ3) is 3.99. The Morgan fingerprint density at radius 1 is 1.43 bits per heavy atom. The summed E-state index contributed by atoms with van der Waals surface area (Å²) in [5.74, 6) is -0.556. The molecular weight excluding hydrogens is 412 g/mol. The van der Waals surface area contributed by atoms with E-state index in [2.05, 4.69) is 23.5 Å². The largest absolute Gasteiger partial charge is 0.339 e. The van der Waals surface area contributed by atoms with Crippen molar-refractivity contribution in [3.05, 3.63) is 87.2 Å². The second-order valence-corrected chi connectivity index (χ2v) is 8.77. The van der Waals surface area contributed by atoms with Gasteiger partial charge in [0, 0.05) is 22.1 Å². The molecule has 1 aliphatic heterocycles. The number of piperidine rings is 1. The van der Waals surface area contributed by atoms with Gasteiger partial charge in [0.15, 0.2) is 5.78 Å². The number of nitrogens with one attached hydrogen (secondary N) is 1. The minimum Gasteiger partial charge on any atom is -0.339 e. The lowest BCUT2D eigenvalue weighted by atomic mass is 9.79. The summed E-state index contributed by atoms with van der Waals surface area (Å²) in [5, 5.41) is 6.30. The van der Waals surface area contributed by atoms with E-state index in [1.807, 2.05) is 41.9 Å². The highest BCUT2D eigenvalue weighted by Crippen LogP contribution is 2.40. The number of Topliss-reactive ketones (excluding diaryl/α,β-unsaturated/α-hetero) is 1. The highest BCUT2D eigenvalue weighted by Gasteiger charge is 2.48. The van der Waals surface area contributed by atoms with Crippen LogP contribution in [0.2, 0.25) is 0 Å². The van der Waals surface area contributed by atoms with Crippen LogP contribution < -0.4 is 5.32 Å². The second kappa shape index (κ2) is 8.47. The number of allylic oxidation sites excluding steroid dienone is 3. The molecule has 144 valence electrons. The van der Waals surface area contributed by atoms with Crippen molar-refractivity contribution < 1.29 is 9.59 Å². The first kappa shape index (κ1) is 20.6. The molecule has 2 atom stereocenters. The smallest absolute Gasteiger partial charge is 0.242 e. The lowest BCUT2D eigenvalue weighted by molar-refractivity contribution is -0.133. The standard InChI is InChI=1S/C21H19ClN2O2S2/c1-4-6-17(14(3)22)28-19-16(25)11-21(24-20(19)26,15-9-10-27-12-15)18-8-5-7-13(2)23-18/h4-10,12,19H,1,3,11H2,2H3,(H,24,26)/b17-6+. The summed E-state index contributed by atoms with van der Waals surface area (Å²) in [4.78, 5) is 31.3. The maximum absolute atomic E-state index is 13.1. The molecule has 7 heteroatoms. The number of hydrogen-bond donors (Lipinski definition) is 1. The number of nitrogens with zero attached hydrogens (tertiary/aromatic N) is 1. The van der Waals surface area contributed by atoms with Crippen LogP contribution in [-0.2, 0) is 15.1 Å². The molecule has 1 saturated heterocycles. The Kier molecular flexibility index (Phi) is 6.23. The number of aromatic nitrogens is 1. The molecule has 4 nitrogen and oxygen atoms in total. The number of carbonyl (C=O) groups excluding carboxylic acids is 2. The fourth-order valence-electron chi connectivity index (χ4n) is 3.13. The van der Waals surface area contributed by atoms with Crippen molar-refractivity contribution in [2.45, 2.75) is 24.1 Å². The van der Waals surface area contributed by atoms with E-state index in [-0.39, 0.29) is 23.1 Å². The number of aryl methyl sites for hydroxylation is 1. The van der Waals surface area contributed by atoms with Crippen LogP contribution in [0.15, 0.2) is 70.3 Å². The first-order chi connectivity index (χ1) is 13.4. The zero-order valence-corrected chi connectivity index (χ0v) is 17.7. The predicted molar refractivity (Wildman–Crippen MR) is 116 cm³/mol. The number of thioether (sulfide) groups is 1. The number of amides is 1. The average molecular weight is 431 g/mol. The van der Waals surface area contributed by atoms with Crippen molar-refractivity contribution in [2.24, 2.45) is 0 Å². The summed E-state index contributed by atoms with van der Waals surface area (Å²) in [6.07, 6.45) is 3.30. The van der Waals surface area contributed by atoms with E-state index in [0.717, 1.165) is 23.0 Å². The number of halogens is 1. The molecule has 0 aliphatic carbocycles. The van der Waals surface area contributed by atoms with Crippen LogP contribution in [-0.4, -0.2) is 21.9 Å². The Labute approximate surface area is 177 Å². The quantitative estimate of drug-likeness (QED) is 0.532. The van der Waals surface area contributed by atoms with Gasteiger partial charge in [0.2, 0.25) is 5.91 Å². The summed E-state index contributed by atoms with van der Waals surface area (Å²) >= 11 is 8.60. The first-order valence-corrected chi connectivity index (χ1v) is 10.7. The number of carbonyl (C=O) groups is 2. The number of thiophene rings is 1. The molecule has 1 amide bonds. The topological polar surface area (TPSA) is 59.1 Å². The van der Waals surface area contributed by atoms with Gasteiger partial charge >= 0.3 is 0 Å². The molecule has 3 heterocycles.